The molecule has 20 heavy (non-hydrogen) atoms. The number of fused-ring (bicyclic) bond motifs is 1. The Labute approximate surface area is 120 Å². The van der Waals surface area contributed by atoms with Gasteiger partial charge in [0.1, 0.15) is 0 Å². The number of hydrogen-bond donors (Lipinski definition) is 1. The van der Waals surface area contributed by atoms with Gasteiger partial charge in [0, 0.05) is 24.7 Å². The number of nitrogens with one attached hydrogen (secondary N) is 1. The molecular formula is C16H22N2O2. The second-order valence-corrected chi connectivity index (χ2v) is 5.77. The standard InChI is InChI=1S/C16H22N2O2/c1-12-5-2-3-7-15(12)16(19)17-9-14-10-18-8-4-6-13(18)11-20-14/h2-3,5,7,13-14H,4,6,8-11H2,1H3,(H,17,19)/t13-,14+/m1/s1. The monoisotopic (exact) mass is 274 g/mol. The zero-order valence-corrected chi connectivity index (χ0v) is 12.0. The Morgan fingerprint density at radius 2 is 2.30 bits per heavy atom. The van der Waals surface area contributed by atoms with Crippen molar-refractivity contribution >= 4 is 5.91 Å². The molecule has 2 saturated heterocycles. The van der Waals surface area contributed by atoms with Crippen LogP contribution in [0.3, 0.4) is 0 Å². The van der Waals surface area contributed by atoms with Gasteiger partial charge in [-0.3, -0.25) is 9.69 Å². The van der Waals surface area contributed by atoms with Crippen molar-refractivity contribution in [2.45, 2.75) is 31.9 Å². The van der Waals surface area contributed by atoms with Crippen LogP contribution >= 0.6 is 0 Å². The summed E-state index contributed by atoms with van der Waals surface area (Å²) in [5.41, 5.74) is 1.76. The summed E-state index contributed by atoms with van der Waals surface area (Å²) in [5.74, 6) is -0.00440. The van der Waals surface area contributed by atoms with Crippen LogP contribution in [0.1, 0.15) is 28.8 Å². The Hall–Kier alpha value is -1.39. The lowest BCUT2D eigenvalue weighted by Gasteiger charge is -2.35. The average Bonchev–Trinajstić information content (AvgIpc) is 2.92. The van der Waals surface area contributed by atoms with Gasteiger partial charge in [0.15, 0.2) is 0 Å². The van der Waals surface area contributed by atoms with Gasteiger partial charge in [-0.25, -0.2) is 0 Å². The molecule has 2 aliphatic heterocycles. The quantitative estimate of drug-likeness (QED) is 0.910. The molecule has 2 heterocycles. The number of carbonyl (C=O) groups excluding carboxylic acids is 1. The summed E-state index contributed by atoms with van der Waals surface area (Å²) in [4.78, 5) is 14.6. The lowest BCUT2D eigenvalue weighted by molar-refractivity contribution is -0.0461. The SMILES string of the molecule is Cc1ccccc1C(=O)NC[C@H]1CN2CCC[C@@H]2CO1. The van der Waals surface area contributed by atoms with E-state index >= 15 is 0 Å². The number of rotatable bonds is 3. The molecule has 1 amide bonds. The molecule has 0 aliphatic carbocycles. The van der Waals surface area contributed by atoms with Crippen LogP contribution in [0.5, 0.6) is 0 Å². The molecule has 4 nitrogen and oxygen atoms in total. The largest absolute Gasteiger partial charge is 0.373 e. The van der Waals surface area contributed by atoms with Crippen molar-refractivity contribution in [1.82, 2.24) is 10.2 Å². The van der Waals surface area contributed by atoms with E-state index in [1.165, 1.54) is 19.4 Å². The maximum atomic E-state index is 12.2. The third kappa shape index (κ3) is 2.86. The van der Waals surface area contributed by atoms with Crippen LogP contribution in [-0.4, -0.2) is 49.2 Å². The van der Waals surface area contributed by atoms with E-state index in [2.05, 4.69) is 10.2 Å². The summed E-state index contributed by atoms with van der Waals surface area (Å²) in [6.45, 7) is 5.48. The maximum Gasteiger partial charge on any atom is 0.251 e. The van der Waals surface area contributed by atoms with Crippen molar-refractivity contribution in [2.24, 2.45) is 0 Å². The summed E-state index contributed by atoms with van der Waals surface area (Å²) in [6, 6.07) is 8.28. The Balaban J connectivity index is 1.52. The number of benzene rings is 1. The molecule has 2 aliphatic rings. The molecular weight excluding hydrogens is 252 g/mol. The van der Waals surface area contributed by atoms with E-state index in [9.17, 15) is 4.79 Å². The normalized spacial score (nSPS) is 26.2. The van der Waals surface area contributed by atoms with Crippen LogP contribution in [0, 0.1) is 6.92 Å². The highest BCUT2D eigenvalue weighted by molar-refractivity contribution is 5.95. The minimum Gasteiger partial charge on any atom is -0.373 e. The van der Waals surface area contributed by atoms with E-state index in [-0.39, 0.29) is 12.0 Å². The van der Waals surface area contributed by atoms with Gasteiger partial charge in [-0.05, 0) is 37.9 Å². The van der Waals surface area contributed by atoms with Crippen LogP contribution in [0.25, 0.3) is 0 Å². The van der Waals surface area contributed by atoms with E-state index in [1.54, 1.807) is 0 Å². The predicted molar refractivity (Wildman–Crippen MR) is 77.8 cm³/mol. The van der Waals surface area contributed by atoms with Gasteiger partial charge >= 0.3 is 0 Å². The van der Waals surface area contributed by atoms with Crippen LogP contribution in [-0.2, 0) is 4.74 Å². The molecule has 3 rings (SSSR count). The highest BCUT2D eigenvalue weighted by Gasteiger charge is 2.32. The smallest absolute Gasteiger partial charge is 0.251 e. The summed E-state index contributed by atoms with van der Waals surface area (Å²) < 4.78 is 5.85. The number of morpholine rings is 1. The number of amides is 1. The number of aryl methyl sites for hydroxylation is 1. The summed E-state index contributed by atoms with van der Waals surface area (Å²) in [7, 11) is 0. The van der Waals surface area contributed by atoms with Crippen molar-refractivity contribution in [3.8, 4) is 0 Å². The second-order valence-electron chi connectivity index (χ2n) is 5.77. The van der Waals surface area contributed by atoms with Gasteiger partial charge in [0.05, 0.1) is 12.7 Å². The van der Waals surface area contributed by atoms with E-state index in [1.807, 2.05) is 31.2 Å². The Morgan fingerprint density at radius 3 is 3.15 bits per heavy atom. The molecule has 0 aromatic heterocycles. The Bertz CT molecular complexity index is 489. The molecule has 2 fully saturated rings. The van der Waals surface area contributed by atoms with Crippen molar-refractivity contribution in [3.63, 3.8) is 0 Å². The van der Waals surface area contributed by atoms with E-state index in [4.69, 9.17) is 4.74 Å². The number of hydrogen-bond acceptors (Lipinski definition) is 3. The summed E-state index contributed by atoms with van der Waals surface area (Å²) in [6.07, 6.45) is 2.65. The third-order valence-electron chi connectivity index (χ3n) is 4.34. The number of nitrogens with zero attached hydrogens (tertiary/aromatic N) is 1. The molecule has 1 aromatic carbocycles. The maximum absolute atomic E-state index is 12.2. The van der Waals surface area contributed by atoms with Crippen molar-refractivity contribution in [1.29, 1.82) is 0 Å². The molecule has 0 radical (unpaired) electrons. The molecule has 108 valence electrons. The average molecular weight is 274 g/mol. The van der Waals surface area contributed by atoms with E-state index in [0.717, 1.165) is 24.3 Å². The topological polar surface area (TPSA) is 41.6 Å². The summed E-state index contributed by atoms with van der Waals surface area (Å²) >= 11 is 0. The zero-order valence-electron chi connectivity index (χ0n) is 12.0. The minimum absolute atomic E-state index is 0.00440. The Morgan fingerprint density at radius 1 is 1.45 bits per heavy atom. The molecule has 0 unspecified atom stereocenters. The fraction of sp³-hybridized carbons (Fsp3) is 0.562. The van der Waals surface area contributed by atoms with Gasteiger partial charge in [-0.2, -0.15) is 0 Å². The van der Waals surface area contributed by atoms with Gasteiger partial charge in [-0.1, -0.05) is 18.2 Å². The van der Waals surface area contributed by atoms with Crippen molar-refractivity contribution in [2.75, 3.05) is 26.2 Å². The van der Waals surface area contributed by atoms with Gasteiger partial charge in [0.2, 0.25) is 0 Å². The predicted octanol–water partition coefficient (Wildman–Crippen LogP) is 1.59. The first-order chi connectivity index (χ1) is 9.74. The molecule has 2 atom stereocenters. The molecule has 0 bridgehead atoms. The van der Waals surface area contributed by atoms with Crippen LogP contribution < -0.4 is 5.32 Å². The molecule has 1 aromatic rings. The highest BCUT2D eigenvalue weighted by atomic mass is 16.5. The van der Waals surface area contributed by atoms with Crippen LogP contribution in [0.15, 0.2) is 24.3 Å². The lowest BCUT2D eigenvalue weighted by Crippen LogP contribution is -2.50. The van der Waals surface area contributed by atoms with Gasteiger partial charge in [0.25, 0.3) is 5.91 Å². The van der Waals surface area contributed by atoms with Crippen LogP contribution in [0.4, 0.5) is 0 Å². The fourth-order valence-corrected chi connectivity index (χ4v) is 3.14. The number of ether oxygens (including phenoxy) is 1. The Kier molecular flexibility index (Phi) is 4.03. The molecule has 0 saturated carbocycles. The van der Waals surface area contributed by atoms with Crippen LogP contribution in [0.2, 0.25) is 0 Å². The molecule has 4 heteroatoms. The van der Waals surface area contributed by atoms with Crippen molar-refractivity contribution < 1.29 is 9.53 Å². The number of carbonyl (C=O) groups is 1. The van der Waals surface area contributed by atoms with Crippen molar-refractivity contribution in [3.05, 3.63) is 35.4 Å². The summed E-state index contributed by atoms with van der Waals surface area (Å²) in [5, 5.41) is 3.00. The van der Waals surface area contributed by atoms with E-state index < -0.39 is 0 Å². The zero-order chi connectivity index (χ0) is 13.9. The second kappa shape index (κ2) is 5.94. The minimum atomic E-state index is -0.00440. The molecule has 0 spiro atoms. The lowest BCUT2D eigenvalue weighted by atomic mass is 10.1. The highest BCUT2D eigenvalue weighted by Crippen LogP contribution is 2.22. The van der Waals surface area contributed by atoms with E-state index in [0.29, 0.717) is 12.6 Å². The third-order valence-corrected chi connectivity index (χ3v) is 4.34. The molecule has 1 N–H and O–H groups in total. The van der Waals surface area contributed by atoms with Gasteiger partial charge < -0.3 is 10.1 Å². The first-order valence-corrected chi connectivity index (χ1v) is 7.43. The van der Waals surface area contributed by atoms with Gasteiger partial charge in [-0.15, -0.1) is 0 Å². The first-order valence-electron chi connectivity index (χ1n) is 7.43. The first kappa shape index (κ1) is 13.6. The fourth-order valence-electron chi connectivity index (χ4n) is 3.14.